The molecule has 2 rings (SSSR count). The molecular formula is C17H24N2O5. The number of amides is 1. The SMILES string of the molecule is CNC(Cc1ccc(C(=O)N(C)OC2CCCCO2)cc1)C(=O)O. The number of carbonyl (C=O) groups is 2. The van der Waals surface area contributed by atoms with Crippen molar-refractivity contribution in [3.05, 3.63) is 35.4 Å². The molecular weight excluding hydrogens is 312 g/mol. The maximum absolute atomic E-state index is 12.4. The second-order valence-electron chi connectivity index (χ2n) is 5.78. The Morgan fingerprint density at radius 2 is 2.08 bits per heavy atom. The fraction of sp³-hybridized carbons (Fsp3) is 0.529. The molecule has 0 saturated carbocycles. The Morgan fingerprint density at radius 1 is 1.38 bits per heavy atom. The van der Waals surface area contributed by atoms with Crippen molar-refractivity contribution in [1.82, 2.24) is 10.4 Å². The monoisotopic (exact) mass is 336 g/mol. The molecule has 0 spiro atoms. The van der Waals surface area contributed by atoms with E-state index >= 15 is 0 Å². The van der Waals surface area contributed by atoms with Crippen LogP contribution in [0.1, 0.15) is 35.2 Å². The standard InChI is InChI=1S/C17H24N2O5/c1-18-14(17(21)22)11-12-6-8-13(9-7-12)16(20)19(2)24-15-5-3-4-10-23-15/h6-9,14-15,18H,3-5,10-11H2,1-2H3,(H,21,22). The van der Waals surface area contributed by atoms with Crippen LogP contribution in [0.3, 0.4) is 0 Å². The topological polar surface area (TPSA) is 88.1 Å². The summed E-state index contributed by atoms with van der Waals surface area (Å²) in [7, 11) is 3.17. The van der Waals surface area contributed by atoms with Crippen molar-refractivity contribution in [3.63, 3.8) is 0 Å². The Morgan fingerprint density at radius 3 is 2.62 bits per heavy atom. The fourth-order valence-corrected chi connectivity index (χ4v) is 2.53. The van der Waals surface area contributed by atoms with Crippen LogP contribution in [-0.4, -0.2) is 55.1 Å². The maximum atomic E-state index is 12.4. The molecule has 2 unspecified atom stereocenters. The number of ether oxygens (including phenoxy) is 1. The number of benzene rings is 1. The summed E-state index contributed by atoms with van der Waals surface area (Å²) in [6.45, 7) is 0.650. The van der Waals surface area contributed by atoms with E-state index < -0.39 is 12.0 Å². The minimum Gasteiger partial charge on any atom is -0.480 e. The van der Waals surface area contributed by atoms with E-state index in [0.29, 0.717) is 18.6 Å². The first-order valence-electron chi connectivity index (χ1n) is 8.06. The lowest BCUT2D eigenvalue weighted by Gasteiger charge is -2.27. The van der Waals surface area contributed by atoms with Gasteiger partial charge in [-0.25, -0.2) is 9.90 Å². The van der Waals surface area contributed by atoms with E-state index in [4.69, 9.17) is 14.7 Å². The van der Waals surface area contributed by atoms with Crippen LogP contribution in [-0.2, 0) is 20.8 Å². The van der Waals surface area contributed by atoms with Gasteiger partial charge in [0, 0.05) is 25.6 Å². The molecule has 0 bridgehead atoms. The van der Waals surface area contributed by atoms with E-state index in [1.54, 1.807) is 38.4 Å². The van der Waals surface area contributed by atoms with E-state index in [1.807, 2.05) is 0 Å². The van der Waals surface area contributed by atoms with E-state index in [-0.39, 0.29) is 12.2 Å². The van der Waals surface area contributed by atoms with Crippen LogP contribution in [0.4, 0.5) is 0 Å². The molecule has 0 radical (unpaired) electrons. The Labute approximate surface area is 141 Å². The normalized spacial score (nSPS) is 18.8. The summed E-state index contributed by atoms with van der Waals surface area (Å²) in [6, 6.07) is 6.21. The number of carboxylic acid groups (broad SMARTS) is 1. The van der Waals surface area contributed by atoms with Crippen molar-refractivity contribution in [1.29, 1.82) is 0 Å². The quantitative estimate of drug-likeness (QED) is 0.733. The van der Waals surface area contributed by atoms with Crippen molar-refractivity contribution in [2.24, 2.45) is 0 Å². The molecule has 24 heavy (non-hydrogen) atoms. The Bertz CT molecular complexity index is 555. The van der Waals surface area contributed by atoms with Gasteiger partial charge in [0.05, 0.1) is 0 Å². The molecule has 7 nitrogen and oxygen atoms in total. The second-order valence-corrected chi connectivity index (χ2v) is 5.78. The van der Waals surface area contributed by atoms with Gasteiger partial charge in [-0.05, 0) is 44.0 Å². The number of carboxylic acids is 1. The van der Waals surface area contributed by atoms with Crippen LogP contribution in [0.25, 0.3) is 0 Å². The molecule has 1 aliphatic rings. The highest BCUT2D eigenvalue weighted by molar-refractivity contribution is 5.93. The van der Waals surface area contributed by atoms with Gasteiger partial charge in [0.15, 0.2) is 6.29 Å². The zero-order chi connectivity index (χ0) is 17.5. The number of hydroxylamine groups is 2. The summed E-state index contributed by atoms with van der Waals surface area (Å²) in [4.78, 5) is 28.9. The zero-order valence-electron chi connectivity index (χ0n) is 14.0. The highest BCUT2D eigenvalue weighted by atomic mass is 16.8. The van der Waals surface area contributed by atoms with Gasteiger partial charge in [-0.15, -0.1) is 0 Å². The van der Waals surface area contributed by atoms with E-state index in [9.17, 15) is 9.59 Å². The molecule has 1 fully saturated rings. The molecule has 2 N–H and O–H groups in total. The number of nitrogens with one attached hydrogen (secondary N) is 1. The number of likely N-dealkylation sites (N-methyl/N-ethyl adjacent to an activating group) is 1. The van der Waals surface area contributed by atoms with Crippen LogP contribution in [0.15, 0.2) is 24.3 Å². The van der Waals surface area contributed by atoms with Crippen LogP contribution in [0.5, 0.6) is 0 Å². The van der Waals surface area contributed by atoms with Gasteiger partial charge < -0.3 is 15.2 Å². The lowest BCUT2D eigenvalue weighted by atomic mass is 10.0. The first-order valence-corrected chi connectivity index (χ1v) is 8.06. The van der Waals surface area contributed by atoms with Crippen molar-refractivity contribution >= 4 is 11.9 Å². The lowest BCUT2D eigenvalue weighted by Crippen LogP contribution is -2.36. The molecule has 7 heteroatoms. The van der Waals surface area contributed by atoms with E-state index in [2.05, 4.69) is 5.32 Å². The first-order chi connectivity index (χ1) is 11.5. The van der Waals surface area contributed by atoms with Gasteiger partial charge in [-0.1, -0.05) is 12.1 Å². The summed E-state index contributed by atoms with van der Waals surface area (Å²) in [5.74, 6) is -1.17. The highest BCUT2D eigenvalue weighted by Crippen LogP contribution is 2.16. The molecule has 1 aromatic carbocycles. The van der Waals surface area contributed by atoms with Gasteiger partial charge in [-0.3, -0.25) is 9.59 Å². The minimum absolute atomic E-state index is 0.265. The van der Waals surface area contributed by atoms with Gasteiger partial charge in [0.25, 0.3) is 5.91 Å². The third kappa shape index (κ3) is 5.02. The molecule has 1 aliphatic heterocycles. The van der Waals surface area contributed by atoms with E-state index in [0.717, 1.165) is 24.8 Å². The van der Waals surface area contributed by atoms with Gasteiger partial charge >= 0.3 is 5.97 Å². The number of rotatable bonds is 7. The molecule has 1 amide bonds. The average Bonchev–Trinajstić information content (AvgIpc) is 2.60. The highest BCUT2D eigenvalue weighted by Gasteiger charge is 2.21. The molecule has 1 saturated heterocycles. The van der Waals surface area contributed by atoms with Crippen LogP contribution in [0.2, 0.25) is 0 Å². The summed E-state index contributed by atoms with van der Waals surface area (Å²) in [6.07, 6.45) is 2.79. The summed E-state index contributed by atoms with van der Waals surface area (Å²) in [5.41, 5.74) is 1.32. The molecule has 0 aromatic heterocycles. The number of hydrogen-bond acceptors (Lipinski definition) is 5. The Balaban J connectivity index is 1.93. The van der Waals surface area contributed by atoms with Crippen LogP contribution >= 0.6 is 0 Å². The maximum Gasteiger partial charge on any atom is 0.321 e. The van der Waals surface area contributed by atoms with Crippen LogP contribution < -0.4 is 5.32 Å². The molecule has 1 heterocycles. The third-order valence-corrected chi connectivity index (χ3v) is 3.99. The largest absolute Gasteiger partial charge is 0.480 e. The Kier molecular flexibility index (Phi) is 6.72. The zero-order valence-corrected chi connectivity index (χ0v) is 14.0. The average molecular weight is 336 g/mol. The number of nitrogens with zero attached hydrogens (tertiary/aromatic N) is 1. The molecule has 2 atom stereocenters. The van der Waals surface area contributed by atoms with Crippen LogP contribution in [0, 0.1) is 0 Å². The summed E-state index contributed by atoms with van der Waals surface area (Å²) < 4.78 is 5.45. The van der Waals surface area contributed by atoms with E-state index in [1.165, 1.54) is 5.06 Å². The minimum atomic E-state index is -0.904. The smallest absolute Gasteiger partial charge is 0.321 e. The number of carbonyl (C=O) groups excluding carboxylic acids is 1. The summed E-state index contributed by atoms with van der Waals surface area (Å²) in [5, 5.41) is 13.0. The predicted molar refractivity (Wildman–Crippen MR) is 87.4 cm³/mol. The molecule has 0 aliphatic carbocycles. The van der Waals surface area contributed by atoms with Crippen molar-refractivity contribution in [2.45, 2.75) is 38.0 Å². The predicted octanol–water partition coefficient (Wildman–Crippen LogP) is 1.43. The van der Waals surface area contributed by atoms with Gasteiger partial charge in [-0.2, -0.15) is 0 Å². The Hall–Kier alpha value is -1.96. The van der Waals surface area contributed by atoms with Crippen molar-refractivity contribution in [2.75, 3.05) is 20.7 Å². The number of hydrogen-bond donors (Lipinski definition) is 2. The first kappa shape index (κ1) is 18.4. The number of aliphatic carboxylic acids is 1. The third-order valence-electron chi connectivity index (χ3n) is 3.99. The lowest BCUT2D eigenvalue weighted by molar-refractivity contribution is -0.258. The second kappa shape index (κ2) is 8.77. The van der Waals surface area contributed by atoms with Crippen molar-refractivity contribution < 1.29 is 24.3 Å². The fourth-order valence-electron chi connectivity index (χ4n) is 2.53. The van der Waals surface area contributed by atoms with Gasteiger partial charge in [0.1, 0.15) is 6.04 Å². The van der Waals surface area contributed by atoms with Gasteiger partial charge in [0.2, 0.25) is 0 Å². The molecule has 1 aromatic rings. The summed E-state index contributed by atoms with van der Waals surface area (Å²) >= 11 is 0. The molecule has 132 valence electrons. The van der Waals surface area contributed by atoms with Crippen molar-refractivity contribution in [3.8, 4) is 0 Å².